The number of rotatable bonds is 8. The van der Waals surface area contributed by atoms with Crippen LogP contribution in [0.3, 0.4) is 0 Å². The van der Waals surface area contributed by atoms with Gasteiger partial charge >= 0.3 is 5.97 Å². The summed E-state index contributed by atoms with van der Waals surface area (Å²) in [5.74, 6) is 1.69. The van der Waals surface area contributed by atoms with E-state index < -0.39 is 5.41 Å². The predicted molar refractivity (Wildman–Crippen MR) is 86.6 cm³/mol. The minimum Gasteiger partial charge on any atom is -0.461 e. The average molecular weight is 284 g/mol. The van der Waals surface area contributed by atoms with Gasteiger partial charge in [-0.25, -0.2) is 0 Å². The highest BCUT2D eigenvalue weighted by molar-refractivity contribution is 5.76. The summed E-state index contributed by atoms with van der Waals surface area (Å²) >= 11 is 0. The number of carbonyl (C=O) groups excluding carboxylic acids is 1. The highest BCUT2D eigenvalue weighted by Crippen LogP contribution is 2.36. The maximum absolute atomic E-state index is 12.6. The van der Waals surface area contributed by atoms with E-state index in [-0.39, 0.29) is 12.1 Å². The van der Waals surface area contributed by atoms with Crippen molar-refractivity contribution in [2.75, 3.05) is 0 Å². The third-order valence-electron chi connectivity index (χ3n) is 4.35. The zero-order valence-electron chi connectivity index (χ0n) is 15.1. The molecule has 0 saturated heterocycles. The van der Waals surface area contributed by atoms with Crippen molar-refractivity contribution in [3.8, 4) is 0 Å². The van der Waals surface area contributed by atoms with Crippen molar-refractivity contribution in [1.29, 1.82) is 0 Å². The Morgan fingerprint density at radius 2 is 1.45 bits per heavy atom. The largest absolute Gasteiger partial charge is 0.461 e. The van der Waals surface area contributed by atoms with Crippen LogP contribution < -0.4 is 0 Å². The van der Waals surface area contributed by atoms with Crippen LogP contribution in [0.2, 0.25) is 0 Å². The topological polar surface area (TPSA) is 26.3 Å². The van der Waals surface area contributed by atoms with Crippen LogP contribution in [0.15, 0.2) is 0 Å². The summed E-state index contributed by atoms with van der Waals surface area (Å²) in [4.78, 5) is 12.6. The molecular formula is C18H36O2. The monoisotopic (exact) mass is 284 g/mol. The van der Waals surface area contributed by atoms with Gasteiger partial charge in [0.15, 0.2) is 0 Å². The van der Waals surface area contributed by atoms with Crippen molar-refractivity contribution in [2.24, 2.45) is 29.1 Å². The fourth-order valence-corrected chi connectivity index (χ4v) is 3.02. The first-order chi connectivity index (χ1) is 9.03. The van der Waals surface area contributed by atoms with E-state index in [9.17, 15) is 4.79 Å². The van der Waals surface area contributed by atoms with E-state index in [2.05, 4.69) is 48.5 Å². The second-order valence-corrected chi connectivity index (χ2v) is 7.81. The number of ether oxygens (including phenoxy) is 1. The zero-order valence-corrected chi connectivity index (χ0v) is 15.1. The molecule has 2 heteroatoms. The summed E-state index contributed by atoms with van der Waals surface area (Å²) in [6.07, 6.45) is 2.11. The molecule has 0 aromatic carbocycles. The van der Waals surface area contributed by atoms with Gasteiger partial charge in [-0.2, -0.15) is 0 Å². The van der Waals surface area contributed by atoms with Crippen LogP contribution in [0.4, 0.5) is 0 Å². The van der Waals surface area contributed by atoms with E-state index in [1.165, 1.54) is 0 Å². The minimum absolute atomic E-state index is 0.0123. The molecule has 0 saturated carbocycles. The van der Waals surface area contributed by atoms with Gasteiger partial charge in [-0.15, -0.1) is 0 Å². The molecule has 0 aromatic heterocycles. The third-order valence-corrected chi connectivity index (χ3v) is 4.35. The lowest BCUT2D eigenvalue weighted by molar-refractivity contribution is -0.168. The number of esters is 1. The van der Waals surface area contributed by atoms with E-state index in [0.29, 0.717) is 23.7 Å². The highest BCUT2D eigenvalue weighted by atomic mass is 16.5. The van der Waals surface area contributed by atoms with Gasteiger partial charge in [-0.1, -0.05) is 54.9 Å². The molecule has 0 aliphatic heterocycles. The number of hydrogen-bond donors (Lipinski definition) is 0. The summed E-state index contributed by atoms with van der Waals surface area (Å²) in [6, 6.07) is 0. The molecule has 20 heavy (non-hydrogen) atoms. The predicted octanol–water partition coefficient (Wildman–Crippen LogP) is 5.31. The minimum atomic E-state index is -0.402. The van der Waals surface area contributed by atoms with Crippen molar-refractivity contribution in [2.45, 2.75) is 81.3 Å². The van der Waals surface area contributed by atoms with Crippen LogP contribution >= 0.6 is 0 Å². The number of carbonyl (C=O) groups is 1. The van der Waals surface area contributed by atoms with Crippen LogP contribution in [0, 0.1) is 29.1 Å². The van der Waals surface area contributed by atoms with Crippen LogP contribution in [0.25, 0.3) is 0 Å². The Bertz CT molecular complexity index is 282. The van der Waals surface area contributed by atoms with Gasteiger partial charge in [-0.05, 0) is 43.9 Å². The Hall–Kier alpha value is -0.530. The van der Waals surface area contributed by atoms with E-state index >= 15 is 0 Å². The Morgan fingerprint density at radius 1 is 1.00 bits per heavy atom. The normalized spacial score (nSPS) is 14.4. The zero-order chi connectivity index (χ0) is 16.1. The molecule has 0 heterocycles. The third kappa shape index (κ3) is 5.46. The molecule has 0 aliphatic rings. The lowest BCUT2D eigenvalue weighted by atomic mass is 9.73. The molecule has 0 amide bonds. The van der Waals surface area contributed by atoms with E-state index in [4.69, 9.17) is 4.74 Å². The Balaban J connectivity index is 4.94. The second-order valence-electron chi connectivity index (χ2n) is 7.81. The number of hydrogen-bond acceptors (Lipinski definition) is 2. The summed E-state index contributed by atoms with van der Waals surface area (Å²) in [5.41, 5.74) is -0.402. The first kappa shape index (κ1) is 19.5. The van der Waals surface area contributed by atoms with E-state index in [1.807, 2.05) is 13.8 Å². The molecular weight excluding hydrogens is 248 g/mol. The van der Waals surface area contributed by atoms with Gasteiger partial charge in [0.2, 0.25) is 0 Å². The molecule has 0 aliphatic carbocycles. The summed E-state index contributed by atoms with van der Waals surface area (Å²) < 4.78 is 5.86. The SMILES string of the molecule is CCC(CC(C)C)C(C)(C)C(=O)OC(C(C)C)C(C)C. The van der Waals surface area contributed by atoms with Gasteiger partial charge < -0.3 is 4.74 Å². The Labute approximate surface area is 126 Å². The molecule has 0 fully saturated rings. The first-order valence-corrected chi connectivity index (χ1v) is 8.25. The lowest BCUT2D eigenvalue weighted by Gasteiger charge is -2.35. The van der Waals surface area contributed by atoms with Crippen LogP contribution in [0.1, 0.15) is 75.2 Å². The van der Waals surface area contributed by atoms with Crippen molar-refractivity contribution in [3.05, 3.63) is 0 Å². The summed E-state index contributed by atoms with van der Waals surface area (Å²) in [6.45, 7) is 19.2. The molecule has 1 atom stereocenters. The average Bonchev–Trinajstić information content (AvgIpc) is 2.30. The second kappa shape index (κ2) is 8.05. The van der Waals surface area contributed by atoms with E-state index in [0.717, 1.165) is 12.8 Å². The van der Waals surface area contributed by atoms with Crippen molar-refractivity contribution < 1.29 is 9.53 Å². The van der Waals surface area contributed by atoms with Crippen molar-refractivity contribution >= 4 is 5.97 Å². The molecule has 0 bridgehead atoms. The maximum Gasteiger partial charge on any atom is 0.312 e. The quantitative estimate of drug-likeness (QED) is 0.565. The van der Waals surface area contributed by atoms with Crippen LogP contribution in [-0.2, 0) is 9.53 Å². The van der Waals surface area contributed by atoms with Crippen LogP contribution in [0.5, 0.6) is 0 Å². The molecule has 0 radical (unpaired) electrons. The molecule has 0 aromatic rings. The Kier molecular flexibility index (Phi) is 7.83. The van der Waals surface area contributed by atoms with Crippen LogP contribution in [-0.4, -0.2) is 12.1 Å². The molecule has 120 valence electrons. The van der Waals surface area contributed by atoms with Gasteiger partial charge in [0.25, 0.3) is 0 Å². The molecule has 0 rings (SSSR count). The van der Waals surface area contributed by atoms with E-state index in [1.54, 1.807) is 0 Å². The molecule has 1 unspecified atom stereocenters. The first-order valence-electron chi connectivity index (χ1n) is 8.25. The molecule has 0 spiro atoms. The fraction of sp³-hybridized carbons (Fsp3) is 0.944. The highest BCUT2D eigenvalue weighted by Gasteiger charge is 2.39. The van der Waals surface area contributed by atoms with Gasteiger partial charge in [0.1, 0.15) is 6.10 Å². The summed E-state index contributed by atoms with van der Waals surface area (Å²) in [7, 11) is 0. The lowest BCUT2D eigenvalue weighted by Crippen LogP contribution is -2.40. The van der Waals surface area contributed by atoms with Gasteiger partial charge in [0, 0.05) is 0 Å². The summed E-state index contributed by atoms with van der Waals surface area (Å²) in [5, 5.41) is 0. The van der Waals surface area contributed by atoms with Gasteiger partial charge in [-0.3, -0.25) is 4.79 Å². The fourth-order valence-electron chi connectivity index (χ4n) is 3.02. The smallest absolute Gasteiger partial charge is 0.312 e. The van der Waals surface area contributed by atoms with Crippen molar-refractivity contribution in [3.63, 3.8) is 0 Å². The molecule has 0 N–H and O–H groups in total. The molecule has 2 nitrogen and oxygen atoms in total. The maximum atomic E-state index is 12.6. The van der Waals surface area contributed by atoms with Gasteiger partial charge in [0.05, 0.1) is 5.41 Å². The standard InChI is InChI=1S/C18H36O2/c1-10-15(11-12(2)3)18(8,9)17(19)20-16(13(4)5)14(6)7/h12-16H,10-11H2,1-9H3. The Morgan fingerprint density at radius 3 is 1.75 bits per heavy atom. The van der Waals surface area contributed by atoms with Crippen molar-refractivity contribution in [1.82, 2.24) is 0 Å².